The second-order valence-electron chi connectivity index (χ2n) is 5.33. The Kier molecular flexibility index (Phi) is 5.46. The summed E-state index contributed by atoms with van der Waals surface area (Å²) in [6, 6.07) is 14.7. The Bertz CT molecular complexity index is 957. The molecule has 5 nitrogen and oxygen atoms in total. The van der Waals surface area contributed by atoms with E-state index in [0.29, 0.717) is 15.4 Å². The van der Waals surface area contributed by atoms with Crippen molar-refractivity contribution in [2.75, 3.05) is 5.32 Å². The Hall–Kier alpha value is -2.95. The Morgan fingerprint density at radius 1 is 1.15 bits per heavy atom. The van der Waals surface area contributed by atoms with E-state index in [-0.39, 0.29) is 11.5 Å². The summed E-state index contributed by atoms with van der Waals surface area (Å²) in [7, 11) is 0. The van der Waals surface area contributed by atoms with Gasteiger partial charge in [-0.25, -0.2) is 4.79 Å². The molecule has 0 spiro atoms. The number of esters is 1. The first-order valence-electron chi connectivity index (χ1n) is 7.72. The van der Waals surface area contributed by atoms with Gasteiger partial charge in [0, 0.05) is 10.9 Å². The van der Waals surface area contributed by atoms with Crippen LogP contribution in [0.1, 0.15) is 27.0 Å². The molecule has 7 heteroatoms. The minimum absolute atomic E-state index is 0.258. The summed E-state index contributed by atoms with van der Waals surface area (Å²) in [6.45, 7) is 1.50. The lowest BCUT2D eigenvalue weighted by Gasteiger charge is -2.10. The Balaban J connectivity index is 1.99. The first-order chi connectivity index (χ1) is 12.6. The fourth-order valence-electron chi connectivity index (χ4n) is 2.30. The highest BCUT2D eigenvalue weighted by Crippen LogP contribution is 2.36. The van der Waals surface area contributed by atoms with Crippen molar-refractivity contribution in [1.29, 1.82) is 5.26 Å². The molecule has 1 atom stereocenters. The van der Waals surface area contributed by atoms with Crippen LogP contribution < -0.4 is 5.32 Å². The average Bonchev–Trinajstić information content (AvgIpc) is 3.32. The maximum atomic E-state index is 12.6. The van der Waals surface area contributed by atoms with E-state index >= 15 is 0 Å². The van der Waals surface area contributed by atoms with Crippen molar-refractivity contribution in [3.63, 3.8) is 0 Å². The highest BCUT2D eigenvalue weighted by molar-refractivity contribution is 7.15. The number of carbonyl (C=O) groups excluding carboxylic acids is 2. The van der Waals surface area contributed by atoms with Crippen LogP contribution in [0.3, 0.4) is 0 Å². The summed E-state index contributed by atoms with van der Waals surface area (Å²) in [5.74, 6) is -0.926. The van der Waals surface area contributed by atoms with Crippen LogP contribution in [0.5, 0.6) is 0 Å². The highest BCUT2D eigenvalue weighted by atomic mass is 32.1. The van der Waals surface area contributed by atoms with Crippen LogP contribution in [-0.4, -0.2) is 18.0 Å². The molecule has 0 saturated heterocycles. The topological polar surface area (TPSA) is 79.2 Å². The Morgan fingerprint density at radius 3 is 2.58 bits per heavy atom. The van der Waals surface area contributed by atoms with Crippen LogP contribution in [0.2, 0.25) is 0 Å². The summed E-state index contributed by atoms with van der Waals surface area (Å²) in [6.07, 6.45) is -0.883. The van der Waals surface area contributed by atoms with Gasteiger partial charge in [-0.15, -0.1) is 22.7 Å². The highest BCUT2D eigenvalue weighted by Gasteiger charge is 2.24. The third-order valence-corrected chi connectivity index (χ3v) is 5.28. The molecule has 130 valence electrons. The van der Waals surface area contributed by atoms with Crippen molar-refractivity contribution < 1.29 is 14.3 Å². The number of hydrogen-bond acceptors (Lipinski definition) is 6. The molecule has 3 rings (SSSR count). The van der Waals surface area contributed by atoms with Crippen LogP contribution in [0.15, 0.2) is 53.2 Å². The Morgan fingerprint density at radius 2 is 1.92 bits per heavy atom. The largest absolute Gasteiger partial charge is 0.444 e. The van der Waals surface area contributed by atoms with E-state index < -0.39 is 12.1 Å². The van der Waals surface area contributed by atoms with Crippen molar-refractivity contribution in [2.45, 2.75) is 13.0 Å². The molecule has 0 unspecified atom stereocenters. The number of ether oxygens (including phenoxy) is 1. The van der Waals surface area contributed by atoms with Crippen molar-refractivity contribution >= 4 is 39.6 Å². The minimum atomic E-state index is -0.883. The monoisotopic (exact) mass is 382 g/mol. The molecular formula is C19H14N2O3S2. The zero-order valence-electron chi connectivity index (χ0n) is 13.8. The SMILES string of the molecule is C[C@@H](C#N)OC(=O)c1c(-c2ccccc2)csc1NC(=O)c1cccs1. The first kappa shape index (κ1) is 17.9. The lowest BCUT2D eigenvalue weighted by atomic mass is 10.0. The van der Waals surface area contributed by atoms with Crippen molar-refractivity contribution in [1.82, 2.24) is 0 Å². The van der Waals surface area contributed by atoms with Gasteiger partial charge in [-0.2, -0.15) is 5.26 Å². The van der Waals surface area contributed by atoms with E-state index in [9.17, 15) is 9.59 Å². The molecule has 0 fully saturated rings. The van der Waals surface area contributed by atoms with Gasteiger partial charge in [-0.05, 0) is 23.9 Å². The number of thiophene rings is 2. The lowest BCUT2D eigenvalue weighted by molar-refractivity contribution is 0.0438. The normalized spacial score (nSPS) is 11.4. The minimum Gasteiger partial charge on any atom is -0.444 e. The molecule has 0 aliphatic rings. The number of nitrogens with zero attached hydrogens (tertiary/aromatic N) is 1. The van der Waals surface area contributed by atoms with Crippen molar-refractivity contribution in [3.8, 4) is 17.2 Å². The zero-order chi connectivity index (χ0) is 18.5. The number of benzene rings is 1. The van der Waals surface area contributed by atoms with Gasteiger partial charge in [0.1, 0.15) is 16.6 Å². The molecule has 0 bridgehead atoms. The van der Waals surface area contributed by atoms with Gasteiger partial charge in [-0.1, -0.05) is 36.4 Å². The van der Waals surface area contributed by atoms with E-state index in [1.54, 1.807) is 17.5 Å². The molecule has 1 aromatic carbocycles. The molecule has 0 aliphatic heterocycles. The third kappa shape index (κ3) is 3.82. The van der Waals surface area contributed by atoms with E-state index in [1.165, 1.54) is 29.6 Å². The van der Waals surface area contributed by atoms with Crippen molar-refractivity contribution in [2.24, 2.45) is 0 Å². The van der Waals surface area contributed by atoms with E-state index in [4.69, 9.17) is 10.00 Å². The molecule has 0 aliphatic carbocycles. The lowest BCUT2D eigenvalue weighted by Crippen LogP contribution is -2.17. The van der Waals surface area contributed by atoms with Crippen LogP contribution in [0.25, 0.3) is 11.1 Å². The van der Waals surface area contributed by atoms with Gasteiger partial charge in [0.25, 0.3) is 5.91 Å². The number of rotatable bonds is 5. The van der Waals surface area contributed by atoms with Gasteiger partial charge in [0.2, 0.25) is 0 Å². The average molecular weight is 382 g/mol. The fourth-order valence-corrected chi connectivity index (χ4v) is 3.87. The Labute approximate surface area is 158 Å². The summed E-state index contributed by atoms with van der Waals surface area (Å²) < 4.78 is 5.18. The summed E-state index contributed by atoms with van der Waals surface area (Å²) in [4.78, 5) is 25.6. The van der Waals surface area contributed by atoms with Crippen LogP contribution >= 0.6 is 22.7 Å². The standard InChI is InChI=1S/C19H14N2O3S2/c1-12(10-20)24-19(23)16-14(13-6-3-2-4-7-13)11-26-18(16)21-17(22)15-8-5-9-25-15/h2-9,11-12H,1H3,(H,21,22)/t12-/m0/s1. The summed E-state index contributed by atoms with van der Waals surface area (Å²) in [5, 5.41) is 15.7. The van der Waals surface area contributed by atoms with Crippen LogP contribution in [0.4, 0.5) is 5.00 Å². The van der Waals surface area contributed by atoms with Gasteiger partial charge >= 0.3 is 5.97 Å². The molecule has 0 saturated carbocycles. The second-order valence-corrected chi connectivity index (χ2v) is 7.15. The van der Waals surface area contributed by atoms with Gasteiger partial charge in [-0.3, -0.25) is 4.79 Å². The second kappa shape index (κ2) is 7.95. The van der Waals surface area contributed by atoms with Gasteiger partial charge in [0.15, 0.2) is 6.10 Å². The molecule has 1 amide bonds. The maximum absolute atomic E-state index is 12.6. The molecule has 26 heavy (non-hydrogen) atoms. The number of anilines is 1. The number of nitrogens with one attached hydrogen (secondary N) is 1. The quantitative estimate of drug-likeness (QED) is 0.643. The zero-order valence-corrected chi connectivity index (χ0v) is 15.4. The molecule has 0 radical (unpaired) electrons. The number of hydrogen-bond donors (Lipinski definition) is 1. The van der Waals surface area contributed by atoms with Crippen LogP contribution in [0, 0.1) is 11.3 Å². The van der Waals surface area contributed by atoms with E-state index in [1.807, 2.05) is 41.8 Å². The molecule has 2 heterocycles. The number of amides is 1. The van der Waals surface area contributed by atoms with E-state index in [0.717, 1.165) is 5.56 Å². The number of nitriles is 1. The molecule has 3 aromatic rings. The summed E-state index contributed by atoms with van der Waals surface area (Å²) in [5.41, 5.74) is 1.75. The van der Waals surface area contributed by atoms with Gasteiger partial charge in [0.05, 0.1) is 4.88 Å². The maximum Gasteiger partial charge on any atom is 0.343 e. The number of carbonyl (C=O) groups is 2. The predicted molar refractivity (Wildman–Crippen MR) is 103 cm³/mol. The van der Waals surface area contributed by atoms with Crippen molar-refractivity contribution in [3.05, 3.63) is 63.7 Å². The fraction of sp³-hybridized carbons (Fsp3) is 0.105. The smallest absolute Gasteiger partial charge is 0.343 e. The molecular weight excluding hydrogens is 368 g/mol. The summed E-state index contributed by atoms with van der Waals surface area (Å²) >= 11 is 2.56. The van der Waals surface area contributed by atoms with Crippen LogP contribution in [-0.2, 0) is 4.74 Å². The third-order valence-electron chi connectivity index (χ3n) is 3.52. The molecule has 2 aromatic heterocycles. The molecule has 1 N–H and O–H groups in total. The van der Waals surface area contributed by atoms with Gasteiger partial charge < -0.3 is 10.1 Å². The predicted octanol–water partition coefficient (Wildman–Crippen LogP) is 4.80. The van der Waals surface area contributed by atoms with E-state index in [2.05, 4.69) is 5.32 Å². The first-order valence-corrected chi connectivity index (χ1v) is 9.48.